The highest BCUT2D eigenvalue weighted by Crippen LogP contribution is 2.09. The van der Waals surface area contributed by atoms with E-state index in [9.17, 15) is 4.79 Å². The van der Waals surface area contributed by atoms with Crippen LogP contribution in [0.15, 0.2) is 36.7 Å². The van der Waals surface area contributed by atoms with E-state index in [4.69, 9.17) is 0 Å². The van der Waals surface area contributed by atoms with Crippen molar-refractivity contribution in [3.05, 3.63) is 47.8 Å². The molecule has 0 bridgehead atoms. The summed E-state index contributed by atoms with van der Waals surface area (Å²) in [6, 6.07) is 7.18. The third kappa shape index (κ3) is 3.51. The Morgan fingerprint density at radius 3 is 2.42 bits per heavy atom. The Bertz CT molecular complexity index is 549. The number of rotatable bonds is 4. The lowest BCUT2D eigenvalue weighted by molar-refractivity contribution is 0.102. The van der Waals surface area contributed by atoms with Gasteiger partial charge >= 0.3 is 0 Å². The zero-order valence-electron chi connectivity index (χ0n) is 11.0. The number of carbonyl (C=O) groups excluding carboxylic acids is 1. The highest BCUT2D eigenvalue weighted by atomic mass is 16.1. The fourth-order valence-corrected chi connectivity index (χ4v) is 1.54. The molecule has 0 spiro atoms. The summed E-state index contributed by atoms with van der Waals surface area (Å²) in [4.78, 5) is 20.2. The molecule has 2 aromatic rings. The Hall–Kier alpha value is -2.43. The van der Waals surface area contributed by atoms with Crippen molar-refractivity contribution in [3.8, 4) is 0 Å². The molecular weight excluding hydrogens is 240 g/mol. The Labute approximate surface area is 112 Å². The first kappa shape index (κ1) is 13.0. The summed E-state index contributed by atoms with van der Waals surface area (Å²) in [7, 11) is 0. The van der Waals surface area contributed by atoms with Crippen LogP contribution in [0.5, 0.6) is 0 Å². The van der Waals surface area contributed by atoms with Crippen LogP contribution < -0.4 is 10.6 Å². The average molecular weight is 256 g/mol. The largest absolute Gasteiger partial charge is 0.370 e. The van der Waals surface area contributed by atoms with Gasteiger partial charge in [-0.2, -0.15) is 0 Å². The Balaban J connectivity index is 2.05. The van der Waals surface area contributed by atoms with E-state index in [1.54, 1.807) is 30.6 Å². The average Bonchev–Trinajstić information content (AvgIpc) is 2.42. The third-order valence-corrected chi connectivity index (χ3v) is 2.54. The van der Waals surface area contributed by atoms with Gasteiger partial charge in [0.1, 0.15) is 11.6 Å². The van der Waals surface area contributed by atoms with Gasteiger partial charge in [0, 0.05) is 18.9 Å². The minimum atomic E-state index is -0.216. The van der Waals surface area contributed by atoms with E-state index < -0.39 is 0 Å². The summed E-state index contributed by atoms with van der Waals surface area (Å²) in [5.41, 5.74) is 1.55. The van der Waals surface area contributed by atoms with E-state index in [1.165, 1.54) is 0 Å². The van der Waals surface area contributed by atoms with Gasteiger partial charge in [0.05, 0.1) is 5.56 Å². The molecule has 0 aliphatic carbocycles. The maximum atomic E-state index is 12.0. The smallest absolute Gasteiger partial charge is 0.258 e. The zero-order chi connectivity index (χ0) is 13.7. The molecule has 98 valence electrons. The highest BCUT2D eigenvalue weighted by molar-refractivity contribution is 6.03. The van der Waals surface area contributed by atoms with Crippen LogP contribution in [0.1, 0.15) is 22.8 Å². The highest BCUT2D eigenvalue weighted by Gasteiger charge is 2.07. The predicted octanol–water partition coefficient (Wildman–Crippen LogP) is 2.47. The molecule has 2 heterocycles. The molecule has 5 nitrogen and oxygen atoms in total. The van der Waals surface area contributed by atoms with Gasteiger partial charge in [0.2, 0.25) is 0 Å². The first-order chi connectivity index (χ1) is 9.19. The summed E-state index contributed by atoms with van der Waals surface area (Å²) >= 11 is 0. The van der Waals surface area contributed by atoms with Gasteiger partial charge < -0.3 is 10.6 Å². The van der Waals surface area contributed by atoms with Crippen molar-refractivity contribution in [2.45, 2.75) is 13.8 Å². The molecule has 0 unspecified atom stereocenters. The third-order valence-electron chi connectivity index (χ3n) is 2.54. The molecule has 1 amide bonds. The molecule has 0 aromatic carbocycles. The van der Waals surface area contributed by atoms with Crippen molar-refractivity contribution in [2.24, 2.45) is 0 Å². The SMILES string of the molecule is CCNc1ccc(C(=O)Nc2ccc(C)cn2)cn1. The Morgan fingerprint density at radius 1 is 1.11 bits per heavy atom. The summed E-state index contributed by atoms with van der Waals surface area (Å²) in [6.07, 6.45) is 3.25. The number of amides is 1. The number of nitrogens with zero attached hydrogens (tertiary/aromatic N) is 2. The molecule has 0 saturated carbocycles. The summed E-state index contributed by atoms with van der Waals surface area (Å²) < 4.78 is 0. The van der Waals surface area contributed by atoms with Crippen molar-refractivity contribution in [1.82, 2.24) is 9.97 Å². The number of anilines is 2. The summed E-state index contributed by atoms with van der Waals surface area (Å²) in [5.74, 6) is 1.07. The summed E-state index contributed by atoms with van der Waals surface area (Å²) in [5, 5.41) is 5.80. The first-order valence-corrected chi connectivity index (χ1v) is 6.13. The van der Waals surface area contributed by atoms with Gasteiger partial charge in [-0.05, 0) is 37.6 Å². The van der Waals surface area contributed by atoms with E-state index in [-0.39, 0.29) is 5.91 Å². The van der Waals surface area contributed by atoms with E-state index in [1.807, 2.05) is 19.9 Å². The lowest BCUT2D eigenvalue weighted by atomic mass is 10.2. The van der Waals surface area contributed by atoms with Gasteiger partial charge in [-0.1, -0.05) is 6.07 Å². The molecule has 2 N–H and O–H groups in total. The van der Waals surface area contributed by atoms with E-state index >= 15 is 0 Å². The molecule has 2 rings (SSSR count). The predicted molar refractivity (Wildman–Crippen MR) is 75.3 cm³/mol. The van der Waals surface area contributed by atoms with Crippen LogP contribution in [0, 0.1) is 6.92 Å². The molecule has 0 saturated heterocycles. The molecular formula is C14H16N4O. The minimum Gasteiger partial charge on any atom is -0.370 e. The van der Waals surface area contributed by atoms with Gasteiger partial charge in [-0.15, -0.1) is 0 Å². The van der Waals surface area contributed by atoms with Crippen LogP contribution in [0.25, 0.3) is 0 Å². The van der Waals surface area contributed by atoms with Crippen LogP contribution in [0.2, 0.25) is 0 Å². The first-order valence-electron chi connectivity index (χ1n) is 6.13. The van der Waals surface area contributed by atoms with Crippen LogP contribution >= 0.6 is 0 Å². The van der Waals surface area contributed by atoms with E-state index in [0.29, 0.717) is 11.4 Å². The van der Waals surface area contributed by atoms with Crippen LogP contribution in [0.3, 0.4) is 0 Å². The number of hydrogen-bond donors (Lipinski definition) is 2. The second-order valence-electron chi connectivity index (χ2n) is 4.14. The van der Waals surface area contributed by atoms with Crippen molar-refractivity contribution < 1.29 is 4.79 Å². The van der Waals surface area contributed by atoms with Gasteiger partial charge in [-0.3, -0.25) is 4.79 Å². The minimum absolute atomic E-state index is 0.216. The van der Waals surface area contributed by atoms with Crippen molar-refractivity contribution >= 4 is 17.5 Å². The van der Waals surface area contributed by atoms with E-state index in [0.717, 1.165) is 17.9 Å². The second-order valence-corrected chi connectivity index (χ2v) is 4.14. The number of aryl methyl sites for hydroxylation is 1. The second kappa shape index (κ2) is 5.95. The lowest BCUT2D eigenvalue weighted by Gasteiger charge is -2.06. The van der Waals surface area contributed by atoms with Crippen molar-refractivity contribution in [2.75, 3.05) is 17.2 Å². The van der Waals surface area contributed by atoms with Crippen LogP contribution in [0.4, 0.5) is 11.6 Å². The number of aromatic nitrogens is 2. The number of carbonyl (C=O) groups is 1. The lowest BCUT2D eigenvalue weighted by Crippen LogP contribution is -2.13. The van der Waals surface area contributed by atoms with Gasteiger partial charge in [-0.25, -0.2) is 9.97 Å². The number of nitrogens with one attached hydrogen (secondary N) is 2. The fourth-order valence-electron chi connectivity index (χ4n) is 1.54. The maximum Gasteiger partial charge on any atom is 0.258 e. The maximum absolute atomic E-state index is 12.0. The molecule has 19 heavy (non-hydrogen) atoms. The molecule has 2 aromatic heterocycles. The zero-order valence-corrected chi connectivity index (χ0v) is 11.0. The fraction of sp³-hybridized carbons (Fsp3) is 0.214. The quantitative estimate of drug-likeness (QED) is 0.881. The summed E-state index contributed by atoms with van der Waals surface area (Å²) in [6.45, 7) is 4.74. The topological polar surface area (TPSA) is 66.9 Å². The van der Waals surface area contributed by atoms with Gasteiger partial charge in [0.25, 0.3) is 5.91 Å². The van der Waals surface area contributed by atoms with Crippen molar-refractivity contribution in [1.29, 1.82) is 0 Å². The Kier molecular flexibility index (Phi) is 4.07. The van der Waals surface area contributed by atoms with E-state index in [2.05, 4.69) is 20.6 Å². The molecule has 0 fully saturated rings. The molecule has 0 aliphatic rings. The molecule has 0 radical (unpaired) electrons. The number of pyridine rings is 2. The number of hydrogen-bond acceptors (Lipinski definition) is 4. The molecule has 0 aliphatic heterocycles. The molecule has 5 heteroatoms. The molecule has 0 atom stereocenters. The van der Waals surface area contributed by atoms with Crippen LogP contribution in [-0.4, -0.2) is 22.4 Å². The van der Waals surface area contributed by atoms with Crippen LogP contribution in [-0.2, 0) is 0 Å². The standard InChI is InChI=1S/C14H16N4O/c1-3-15-12-7-5-11(9-17-12)14(19)18-13-6-4-10(2)8-16-13/h4-9H,3H2,1-2H3,(H,15,17)(H,16,18,19). The Morgan fingerprint density at radius 2 is 1.84 bits per heavy atom. The van der Waals surface area contributed by atoms with Gasteiger partial charge in [0.15, 0.2) is 0 Å². The van der Waals surface area contributed by atoms with Crippen molar-refractivity contribution in [3.63, 3.8) is 0 Å². The monoisotopic (exact) mass is 256 g/mol. The normalized spacial score (nSPS) is 10.0.